The number of hydrogen-bond acceptors (Lipinski definition) is 6. The quantitative estimate of drug-likeness (QED) is 0.269. The zero-order valence-electron chi connectivity index (χ0n) is 9.63. The van der Waals surface area contributed by atoms with Gasteiger partial charge < -0.3 is 20.1 Å². The lowest BCUT2D eigenvalue weighted by Gasteiger charge is -2.39. The molecule has 0 unspecified atom stereocenters. The molecule has 1 rings (SSSR count). The highest BCUT2D eigenvalue weighted by Crippen LogP contribution is 2.24. The number of aliphatic hydroxyl groups excluding tert-OH is 3. The molecule has 0 radical (unpaired) electrons. The first-order chi connectivity index (χ1) is 8.01. The molecule has 0 spiro atoms. The van der Waals surface area contributed by atoms with Crippen LogP contribution in [-0.2, 0) is 4.74 Å². The summed E-state index contributed by atoms with van der Waals surface area (Å²) >= 11 is 0. The van der Waals surface area contributed by atoms with Crippen molar-refractivity contribution in [2.45, 2.75) is 44.4 Å². The smallest absolute Gasteiger partial charge is 0.161 e. The standard InChI is InChI=1S/C9H16N4O4/c1-4(2)11-6-8(16)7(15)5(3-14)17-9(6)12-13-10/h5-9,14-16H,3H2,1-2H3/t5-,6-,7-,8-,9-/m1/s1. The lowest BCUT2D eigenvalue weighted by atomic mass is 9.96. The van der Waals surface area contributed by atoms with Crippen molar-refractivity contribution in [1.82, 2.24) is 0 Å². The molecule has 1 aliphatic heterocycles. The number of rotatable bonds is 3. The van der Waals surface area contributed by atoms with Crippen LogP contribution < -0.4 is 0 Å². The van der Waals surface area contributed by atoms with E-state index in [9.17, 15) is 10.2 Å². The number of nitrogens with zero attached hydrogens (tertiary/aromatic N) is 4. The van der Waals surface area contributed by atoms with Gasteiger partial charge in [0.25, 0.3) is 0 Å². The van der Waals surface area contributed by atoms with Crippen molar-refractivity contribution in [1.29, 1.82) is 0 Å². The van der Waals surface area contributed by atoms with Gasteiger partial charge in [0.15, 0.2) is 6.23 Å². The monoisotopic (exact) mass is 244 g/mol. The third-order valence-electron chi connectivity index (χ3n) is 2.44. The Morgan fingerprint density at radius 2 is 2.00 bits per heavy atom. The minimum Gasteiger partial charge on any atom is -0.394 e. The molecule has 5 atom stereocenters. The number of aliphatic hydroxyl groups is 3. The van der Waals surface area contributed by atoms with Crippen molar-refractivity contribution in [2.24, 2.45) is 10.1 Å². The second kappa shape index (κ2) is 5.95. The van der Waals surface area contributed by atoms with Gasteiger partial charge >= 0.3 is 0 Å². The van der Waals surface area contributed by atoms with Gasteiger partial charge in [-0.3, -0.25) is 4.99 Å². The summed E-state index contributed by atoms with van der Waals surface area (Å²) in [6, 6.07) is -0.867. The van der Waals surface area contributed by atoms with Crippen LogP contribution in [0.4, 0.5) is 0 Å². The Balaban J connectivity index is 2.98. The minimum absolute atomic E-state index is 0.475. The Morgan fingerprint density at radius 1 is 1.35 bits per heavy atom. The Kier molecular flexibility index (Phi) is 4.86. The first-order valence-electron chi connectivity index (χ1n) is 5.19. The van der Waals surface area contributed by atoms with Crippen molar-refractivity contribution in [3.8, 4) is 0 Å². The largest absolute Gasteiger partial charge is 0.394 e. The zero-order chi connectivity index (χ0) is 13.0. The van der Waals surface area contributed by atoms with E-state index in [0.29, 0.717) is 5.71 Å². The first-order valence-corrected chi connectivity index (χ1v) is 5.19. The van der Waals surface area contributed by atoms with Crippen LogP contribution in [0.5, 0.6) is 0 Å². The van der Waals surface area contributed by atoms with Crippen LogP contribution in [0.1, 0.15) is 13.8 Å². The van der Waals surface area contributed by atoms with Crippen LogP contribution in [0.25, 0.3) is 10.4 Å². The normalized spacial score (nSPS) is 37.1. The van der Waals surface area contributed by atoms with Gasteiger partial charge in [0.1, 0.15) is 24.4 Å². The molecule has 96 valence electrons. The second-order valence-electron chi connectivity index (χ2n) is 4.00. The van der Waals surface area contributed by atoms with Gasteiger partial charge in [-0.1, -0.05) is 5.11 Å². The van der Waals surface area contributed by atoms with E-state index < -0.39 is 37.2 Å². The SMILES string of the molecule is CC(C)=N[C@@H]1[C@@H](O)[C@H](O)[C@@H](CO)O[C@H]1N=[N+]=[N-]. The summed E-state index contributed by atoms with van der Waals surface area (Å²) in [5.41, 5.74) is 9.06. The molecule has 0 amide bonds. The van der Waals surface area contributed by atoms with Crippen molar-refractivity contribution >= 4 is 5.71 Å². The molecule has 0 aliphatic carbocycles. The molecule has 1 fully saturated rings. The number of ether oxygens (including phenoxy) is 1. The highest BCUT2D eigenvalue weighted by atomic mass is 16.5. The molecule has 3 N–H and O–H groups in total. The molecule has 0 aromatic rings. The topological polar surface area (TPSA) is 131 Å². The molecule has 8 heteroatoms. The lowest BCUT2D eigenvalue weighted by Crippen LogP contribution is -2.57. The summed E-state index contributed by atoms with van der Waals surface area (Å²) in [6.45, 7) is 2.95. The minimum atomic E-state index is -1.27. The molecule has 0 aromatic heterocycles. The predicted octanol–water partition coefficient (Wildman–Crippen LogP) is -0.415. The molecule has 1 saturated heterocycles. The number of aliphatic imine (C=N–C) groups is 1. The molecule has 17 heavy (non-hydrogen) atoms. The molecular weight excluding hydrogens is 228 g/mol. The molecule has 1 aliphatic rings. The molecule has 8 nitrogen and oxygen atoms in total. The van der Waals surface area contributed by atoms with Gasteiger partial charge in [-0.2, -0.15) is 0 Å². The van der Waals surface area contributed by atoms with Gasteiger partial charge in [0, 0.05) is 10.6 Å². The van der Waals surface area contributed by atoms with Crippen molar-refractivity contribution < 1.29 is 20.1 Å². The second-order valence-corrected chi connectivity index (χ2v) is 4.00. The van der Waals surface area contributed by atoms with Gasteiger partial charge in [0.05, 0.1) is 6.61 Å². The maximum absolute atomic E-state index is 9.85. The van der Waals surface area contributed by atoms with Crippen molar-refractivity contribution in [2.75, 3.05) is 6.61 Å². The van der Waals surface area contributed by atoms with Crippen LogP contribution in [0.15, 0.2) is 10.1 Å². The van der Waals surface area contributed by atoms with Gasteiger partial charge in [0.2, 0.25) is 0 Å². The van der Waals surface area contributed by atoms with E-state index >= 15 is 0 Å². The Hall–Kier alpha value is -1.18. The summed E-state index contributed by atoms with van der Waals surface area (Å²) in [6.07, 6.45) is -4.53. The fraction of sp³-hybridized carbons (Fsp3) is 0.889. The first kappa shape index (κ1) is 13.9. The van der Waals surface area contributed by atoms with E-state index in [1.807, 2.05) is 0 Å². The molecule has 0 saturated carbocycles. The van der Waals surface area contributed by atoms with E-state index in [1.165, 1.54) is 0 Å². The average Bonchev–Trinajstić information content (AvgIpc) is 2.28. The fourth-order valence-electron chi connectivity index (χ4n) is 1.67. The maximum atomic E-state index is 9.85. The van der Waals surface area contributed by atoms with Gasteiger partial charge in [-0.05, 0) is 19.4 Å². The summed E-state index contributed by atoms with van der Waals surface area (Å²) in [4.78, 5) is 6.67. The van der Waals surface area contributed by atoms with Crippen LogP contribution in [-0.4, -0.2) is 58.2 Å². The van der Waals surface area contributed by atoms with Crippen LogP contribution in [0, 0.1) is 0 Å². The molecule has 0 bridgehead atoms. The number of hydrogen-bond donors (Lipinski definition) is 3. The zero-order valence-corrected chi connectivity index (χ0v) is 9.63. The average molecular weight is 244 g/mol. The van der Waals surface area contributed by atoms with Gasteiger partial charge in [-0.15, -0.1) is 0 Å². The summed E-state index contributed by atoms with van der Waals surface area (Å²) < 4.78 is 5.18. The highest BCUT2D eigenvalue weighted by Gasteiger charge is 2.43. The predicted molar refractivity (Wildman–Crippen MR) is 59.5 cm³/mol. The van der Waals surface area contributed by atoms with Gasteiger partial charge in [-0.25, -0.2) is 0 Å². The third kappa shape index (κ3) is 3.15. The van der Waals surface area contributed by atoms with Crippen LogP contribution >= 0.6 is 0 Å². The van der Waals surface area contributed by atoms with Crippen molar-refractivity contribution in [3.63, 3.8) is 0 Å². The Labute approximate surface area is 98.2 Å². The van der Waals surface area contributed by atoms with E-state index in [0.717, 1.165) is 0 Å². The van der Waals surface area contributed by atoms with Crippen molar-refractivity contribution in [3.05, 3.63) is 10.4 Å². The third-order valence-corrected chi connectivity index (χ3v) is 2.44. The van der Waals surface area contributed by atoms with E-state index in [1.54, 1.807) is 13.8 Å². The lowest BCUT2D eigenvalue weighted by molar-refractivity contribution is -0.186. The molecule has 0 aromatic carbocycles. The summed E-state index contributed by atoms with van der Waals surface area (Å²) in [5, 5.41) is 31.9. The Bertz CT molecular complexity index is 338. The molecular formula is C9H16N4O4. The van der Waals surface area contributed by atoms with E-state index in [-0.39, 0.29) is 0 Å². The van der Waals surface area contributed by atoms with E-state index in [2.05, 4.69) is 15.0 Å². The fourth-order valence-corrected chi connectivity index (χ4v) is 1.67. The molecule has 1 heterocycles. The van der Waals surface area contributed by atoms with Crippen LogP contribution in [0.3, 0.4) is 0 Å². The van der Waals surface area contributed by atoms with Crippen LogP contribution in [0.2, 0.25) is 0 Å². The van der Waals surface area contributed by atoms with E-state index in [4.69, 9.17) is 15.4 Å². The Morgan fingerprint density at radius 3 is 2.47 bits per heavy atom. The summed E-state index contributed by atoms with van der Waals surface area (Å²) in [7, 11) is 0. The number of azide groups is 1. The maximum Gasteiger partial charge on any atom is 0.161 e. The highest BCUT2D eigenvalue weighted by molar-refractivity contribution is 5.79. The summed E-state index contributed by atoms with van der Waals surface area (Å²) in [5.74, 6) is 0.